The summed E-state index contributed by atoms with van der Waals surface area (Å²) in [7, 11) is 1.97. The van der Waals surface area contributed by atoms with Crippen LogP contribution in [0.4, 0.5) is 0 Å². The molecule has 2 aromatic carbocycles. The van der Waals surface area contributed by atoms with Gasteiger partial charge in [-0.1, -0.05) is 60.7 Å². The first-order valence-electron chi connectivity index (χ1n) is 6.74. The molecule has 0 aliphatic rings. The Morgan fingerprint density at radius 2 is 1.24 bits per heavy atom. The molecule has 0 N–H and O–H groups in total. The van der Waals surface area contributed by atoms with Crippen LogP contribution in [0, 0.1) is 0 Å². The first-order valence-corrected chi connectivity index (χ1v) is 8.46. The third-order valence-electron chi connectivity index (χ3n) is 3.33. The molecule has 2 aromatic rings. The minimum absolute atomic E-state index is 0.946. The molecule has 4 heteroatoms. The molecule has 0 radical (unpaired) electrons. The van der Waals surface area contributed by atoms with E-state index in [-0.39, 0.29) is 0 Å². The maximum Gasteiger partial charge on any atom is 0.537 e. The van der Waals surface area contributed by atoms with E-state index in [4.69, 9.17) is 13.3 Å². The van der Waals surface area contributed by atoms with Crippen molar-refractivity contribution in [2.45, 2.75) is 0 Å². The molecule has 0 amide bonds. The first kappa shape index (κ1) is 15.7. The van der Waals surface area contributed by atoms with Gasteiger partial charge >= 0.3 is 8.80 Å². The van der Waals surface area contributed by atoms with Gasteiger partial charge in [0.25, 0.3) is 0 Å². The van der Waals surface area contributed by atoms with Gasteiger partial charge < -0.3 is 13.3 Å². The van der Waals surface area contributed by atoms with E-state index in [9.17, 15) is 0 Å². The van der Waals surface area contributed by atoms with Crippen LogP contribution in [0.2, 0.25) is 0 Å². The highest BCUT2D eigenvalue weighted by Crippen LogP contribution is 2.29. The molecule has 0 fully saturated rings. The second-order valence-electron chi connectivity index (χ2n) is 4.50. The lowest BCUT2D eigenvalue weighted by Gasteiger charge is -2.27. The Morgan fingerprint density at radius 3 is 1.71 bits per heavy atom. The molecule has 110 valence electrons. The summed E-state index contributed by atoms with van der Waals surface area (Å²) in [6, 6.07) is 20.1. The third kappa shape index (κ3) is 3.48. The van der Waals surface area contributed by atoms with Crippen molar-refractivity contribution in [3.8, 4) is 0 Å². The highest BCUT2D eigenvalue weighted by molar-refractivity contribution is 6.82. The van der Waals surface area contributed by atoms with Gasteiger partial charge in [-0.3, -0.25) is 0 Å². The third-order valence-corrected chi connectivity index (χ3v) is 6.04. The Balaban J connectivity index is 2.57. The van der Waals surface area contributed by atoms with Crippen LogP contribution in [0.1, 0.15) is 11.1 Å². The molecule has 3 nitrogen and oxygen atoms in total. The summed E-state index contributed by atoms with van der Waals surface area (Å²) in [5.74, 6) is 0. The Kier molecular flexibility index (Phi) is 5.47. The van der Waals surface area contributed by atoms with E-state index in [1.807, 2.05) is 60.7 Å². The minimum atomic E-state index is -2.91. The molecule has 0 saturated heterocycles. The van der Waals surface area contributed by atoms with Crippen LogP contribution in [-0.4, -0.2) is 30.1 Å². The van der Waals surface area contributed by atoms with Crippen LogP contribution in [-0.2, 0) is 13.3 Å². The van der Waals surface area contributed by atoms with Gasteiger partial charge in [0.1, 0.15) is 0 Å². The molecule has 2 rings (SSSR count). The molecule has 0 saturated carbocycles. The molecule has 0 aromatic heterocycles. The van der Waals surface area contributed by atoms with Crippen molar-refractivity contribution >= 4 is 20.1 Å². The number of benzene rings is 2. The highest BCUT2D eigenvalue weighted by Gasteiger charge is 2.43. The maximum atomic E-state index is 5.65. The van der Waals surface area contributed by atoms with Crippen molar-refractivity contribution in [2.75, 3.05) is 21.3 Å². The van der Waals surface area contributed by atoms with Gasteiger partial charge in [0.2, 0.25) is 0 Å². The summed E-state index contributed by atoms with van der Waals surface area (Å²) >= 11 is 0. The summed E-state index contributed by atoms with van der Waals surface area (Å²) < 4.78 is 17.0. The van der Waals surface area contributed by atoms with E-state index in [1.54, 1.807) is 21.3 Å². The summed E-state index contributed by atoms with van der Waals surface area (Å²) in [5, 5.41) is 0.946. The topological polar surface area (TPSA) is 27.7 Å². The Bertz CT molecular complexity index is 569. The van der Waals surface area contributed by atoms with E-state index < -0.39 is 8.80 Å². The van der Waals surface area contributed by atoms with Crippen LogP contribution >= 0.6 is 0 Å². The van der Waals surface area contributed by atoms with Gasteiger partial charge in [-0.25, -0.2) is 0 Å². The molecule has 0 aliphatic heterocycles. The van der Waals surface area contributed by atoms with Gasteiger partial charge in [0, 0.05) is 26.5 Å². The molecule has 0 spiro atoms. The van der Waals surface area contributed by atoms with Crippen molar-refractivity contribution < 1.29 is 13.3 Å². The number of rotatable bonds is 6. The Labute approximate surface area is 127 Å². The average Bonchev–Trinajstić information content (AvgIpc) is 2.57. The molecule has 0 heterocycles. The predicted octanol–water partition coefficient (Wildman–Crippen LogP) is 3.64. The van der Waals surface area contributed by atoms with Crippen molar-refractivity contribution in [2.24, 2.45) is 0 Å². The summed E-state index contributed by atoms with van der Waals surface area (Å²) in [4.78, 5) is 0. The van der Waals surface area contributed by atoms with Gasteiger partial charge in [-0.2, -0.15) is 0 Å². The largest absolute Gasteiger partial charge is 0.537 e. The van der Waals surface area contributed by atoms with Crippen LogP contribution < -0.4 is 0 Å². The van der Waals surface area contributed by atoms with Crippen molar-refractivity contribution in [3.05, 3.63) is 71.8 Å². The van der Waals surface area contributed by atoms with Crippen LogP contribution in [0.5, 0.6) is 0 Å². The standard InChI is InChI=1S/C17H20O3Si/c1-18-21(19-2,20-3)17(16-12-8-5-9-13-16)14-15-10-6-4-7-11-15/h4-14H,1-3H3. The molecule has 21 heavy (non-hydrogen) atoms. The lowest BCUT2D eigenvalue weighted by Crippen LogP contribution is -2.44. The van der Waals surface area contributed by atoms with Gasteiger partial charge in [-0.15, -0.1) is 0 Å². The summed E-state index contributed by atoms with van der Waals surface area (Å²) in [6.45, 7) is 0. The zero-order valence-electron chi connectivity index (χ0n) is 12.6. The maximum absolute atomic E-state index is 5.65. The Hall–Kier alpha value is -1.72. The van der Waals surface area contributed by atoms with Gasteiger partial charge in [0.05, 0.1) is 0 Å². The molecule has 0 unspecified atom stereocenters. The average molecular weight is 300 g/mol. The highest BCUT2D eigenvalue weighted by atomic mass is 28.4. The zero-order valence-corrected chi connectivity index (χ0v) is 13.6. The second kappa shape index (κ2) is 7.33. The fraction of sp³-hybridized carbons (Fsp3) is 0.176. The monoisotopic (exact) mass is 300 g/mol. The van der Waals surface area contributed by atoms with Crippen LogP contribution in [0.25, 0.3) is 11.3 Å². The van der Waals surface area contributed by atoms with Crippen LogP contribution in [0.15, 0.2) is 60.7 Å². The van der Waals surface area contributed by atoms with Crippen molar-refractivity contribution in [1.82, 2.24) is 0 Å². The van der Waals surface area contributed by atoms with E-state index >= 15 is 0 Å². The second-order valence-corrected chi connectivity index (χ2v) is 7.38. The summed E-state index contributed by atoms with van der Waals surface area (Å²) in [6.07, 6.45) is 2.07. The first-order chi connectivity index (χ1) is 10.3. The van der Waals surface area contributed by atoms with E-state index in [0.29, 0.717) is 0 Å². The fourth-order valence-electron chi connectivity index (χ4n) is 2.26. The predicted molar refractivity (Wildman–Crippen MR) is 87.5 cm³/mol. The number of hydrogen-bond acceptors (Lipinski definition) is 3. The fourth-order valence-corrected chi connectivity index (χ4v) is 4.29. The van der Waals surface area contributed by atoms with E-state index in [1.165, 1.54) is 0 Å². The lowest BCUT2D eigenvalue weighted by atomic mass is 10.1. The van der Waals surface area contributed by atoms with E-state index in [0.717, 1.165) is 16.3 Å². The lowest BCUT2D eigenvalue weighted by molar-refractivity contribution is 0.142. The Morgan fingerprint density at radius 1 is 0.762 bits per heavy atom. The quantitative estimate of drug-likeness (QED) is 0.602. The minimum Gasteiger partial charge on any atom is -0.373 e. The molecular formula is C17H20O3Si. The molecule has 0 aliphatic carbocycles. The van der Waals surface area contributed by atoms with Crippen molar-refractivity contribution in [3.63, 3.8) is 0 Å². The smallest absolute Gasteiger partial charge is 0.373 e. The normalized spacial score (nSPS) is 12.4. The van der Waals surface area contributed by atoms with Gasteiger partial charge in [0.15, 0.2) is 0 Å². The summed E-state index contributed by atoms with van der Waals surface area (Å²) in [5.41, 5.74) is 2.12. The number of hydrogen-bond donors (Lipinski definition) is 0. The van der Waals surface area contributed by atoms with E-state index in [2.05, 4.69) is 6.08 Å². The molecule has 0 atom stereocenters. The van der Waals surface area contributed by atoms with Crippen LogP contribution in [0.3, 0.4) is 0 Å². The SMILES string of the molecule is CO[Si](OC)(OC)C(=Cc1ccccc1)c1ccccc1. The van der Waals surface area contributed by atoms with Gasteiger partial charge in [-0.05, 0) is 17.2 Å². The van der Waals surface area contributed by atoms with Crippen molar-refractivity contribution in [1.29, 1.82) is 0 Å². The zero-order chi connectivity index (χ0) is 15.1. The molecule has 0 bridgehead atoms. The molecular weight excluding hydrogens is 280 g/mol.